The Morgan fingerprint density at radius 1 is 1.26 bits per heavy atom. The normalized spacial score (nSPS) is 23.3. The Balaban J connectivity index is 1.44. The van der Waals surface area contributed by atoms with Gasteiger partial charge in [-0.2, -0.15) is 0 Å². The molecule has 0 N–H and O–H groups in total. The van der Waals surface area contributed by atoms with Crippen LogP contribution in [0.2, 0.25) is 0 Å². The third-order valence-electron chi connectivity index (χ3n) is 5.74. The molecule has 2 saturated heterocycles. The predicted octanol–water partition coefficient (Wildman–Crippen LogP) is 3.25. The van der Waals surface area contributed by atoms with Crippen LogP contribution >= 0.6 is 11.5 Å². The largest absolute Gasteiger partial charge is 0.337 e. The quantitative estimate of drug-likeness (QED) is 0.805. The van der Waals surface area contributed by atoms with Crippen molar-refractivity contribution in [2.45, 2.75) is 32.7 Å². The van der Waals surface area contributed by atoms with Gasteiger partial charge in [0, 0.05) is 37.2 Å². The molecule has 1 aromatic carbocycles. The monoisotopic (exact) mass is 392 g/mol. The first-order valence-corrected chi connectivity index (χ1v) is 9.98. The van der Waals surface area contributed by atoms with Gasteiger partial charge in [0.15, 0.2) is 11.6 Å². The lowest BCUT2D eigenvalue weighted by Crippen LogP contribution is -2.45. The molecule has 1 atom stereocenters. The van der Waals surface area contributed by atoms with E-state index in [2.05, 4.69) is 14.5 Å². The first-order valence-electron chi connectivity index (χ1n) is 9.21. The molecule has 2 aliphatic heterocycles. The van der Waals surface area contributed by atoms with Crippen molar-refractivity contribution in [3.05, 3.63) is 46.0 Å². The number of benzene rings is 1. The Kier molecular flexibility index (Phi) is 4.94. The van der Waals surface area contributed by atoms with E-state index < -0.39 is 11.6 Å². The Hall–Kier alpha value is -1.93. The summed E-state index contributed by atoms with van der Waals surface area (Å²) in [6, 6.07) is 4.34. The molecule has 0 bridgehead atoms. The van der Waals surface area contributed by atoms with E-state index in [0.29, 0.717) is 29.2 Å². The third kappa shape index (κ3) is 3.60. The van der Waals surface area contributed by atoms with Gasteiger partial charge in [-0.05, 0) is 50.3 Å². The minimum absolute atomic E-state index is 0.00710. The van der Waals surface area contributed by atoms with Gasteiger partial charge in [-0.1, -0.05) is 16.6 Å². The number of aromatic nitrogens is 2. The number of aryl methyl sites for hydroxylation is 1. The second-order valence-electron chi connectivity index (χ2n) is 7.69. The number of nitrogens with zero attached hydrogens (tertiary/aromatic N) is 4. The van der Waals surface area contributed by atoms with E-state index in [9.17, 15) is 13.6 Å². The minimum Gasteiger partial charge on any atom is -0.337 e. The maximum Gasteiger partial charge on any atom is 0.267 e. The zero-order chi connectivity index (χ0) is 19.0. The van der Waals surface area contributed by atoms with Crippen molar-refractivity contribution in [3.8, 4) is 0 Å². The Bertz CT molecular complexity index is 858. The summed E-state index contributed by atoms with van der Waals surface area (Å²) in [5.74, 6) is -1.55. The Morgan fingerprint density at radius 2 is 2.11 bits per heavy atom. The van der Waals surface area contributed by atoms with Crippen molar-refractivity contribution in [1.29, 1.82) is 0 Å². The molecule has 2 fully saturated rings. The van der Waals surface area contributed by atoms with Gasteiger partial charge in [0.05, 0.1) is 5.69 Å². The number of halogens is 2. The lowest BCUT2D eigenvalue weighted by atomic mass is 9.79. The molecule has 144 valence electrons. The zero-order valence-corrected chi connectivity index (χ0v) is 16.1. The zero-order valence-electron chi connectivity index (χ0n) is 15.3. The maximum absolute atomic E-state index is 14.0. The maximum atomic E-state index is 14.0. The van der Waals surface area contributed by atoms with Crippen molar-refractivity contribution in [2.24, 2.45) is 5.41 Å². The van der Waals surface area contributed by atoms with Crippen LogP contribution in [0.4, 0.5) is 8.78 Å². The summed E-state index contributed by atoms with van der Waals surface area (Å²) < 4.78 is 31.4. The highest BCUT2D eigenvalue weighted by molar-refractivity contribution is 7.07. The molecule has 8 heteroatoms. The van der Waals surface area contributed by atoms with Gasteiger partial charge in [-0.3, -0.25) is 9.69 Å². The molecule has 0 radical (unpaired) electrons. The first-order chi connectivity index (χ1) is 13.0. The van der Waals surface area contributed by atoms with E-state index in [4.69, 9.17) is 0 Å². The molecular formula is C19H22F2N4OS. The average molecular weight is 392 g/mol. The van der Waals surface area contributed by atoms with Crippen LogP contribution in [0.15, 0.2) is 18.2 Å². The van der Waals surface area contributed by atoms with Crippen molar-refractivity contribution in [2.75, 3.05) is 26.2 Å². The highest BCUT2D eigenvalue weighted by Gasteiger charge is 2.43. The van der Waals surface area contributed by atoms with Crippen molar-refractivity contribution in [1.82, 2.24) is 19.4 Å². The second-order valence-corrected chi connectivity index (χ2v) is 8.45. The first kappa shape index (κ1) is 18.4. The van der Waals surface area contributed by atoms with Gasteiger partial charge in [0.1, 0.15) is 4.88 Å². The number of rotatable bonds is 3. The van der Waals surface area contributed by atoms with E-state index in [-0.39, 0.29) is 11.3 Å². The molecule has 1 spiro atoms. The summed E-state index contributed by atoms with van der Waals surface area (Å²) in [7, 11) is 0. The summed E-state index contributed by atoms with van der Waals surface area (Å²) in [5.41, 5.74) is 1.10. The molecule has 2 aliphatic rings. The molecule has 27 heavy (non-hydrogen) atoms. The molecule has 4 rings (SSSR count). The number of carbonyl (C=O) groups is 1. The van der Waals surface area contributed by atoms with Gasteiger partial charge in [-0.15, -0.1) is 5.10 Å². The van der Waals surface area contributed by atoms with Crippen LogP contribution in [-0.4, -0.2) is 51.5 Å². The number of carbonyl (C=O) groups excluding carboxylic acids is 1. The van der Waals surface area contributed by atoms with Crippen LogP contribution in [-0.2, 0) is 6.54 Å². The molecule has 5 nitrogen and oxygen atoms in total. The second kappa shape index (κ2) is 7.24. The fourth-order valence-electron chi connectivity index (χ4n) is 4.37. The third-order valence-corrected chi connectivity index (χ3v) is 6.55. The van der Waals surface area contributed by atoms with Crippen LogP contribution in [0.25, 0.3) is 0 Å². The molecular weight excluding hydrogens is 370 g/mol. The Labute approximate surface area is 161 Å². The van der Waals surface area contributed by atoms with E-state index in [0.717, 1.165) is 56.5 Å². The van der Waals surface area contributed by atoms with Crippen LogP contribution in [0.5, 0.6) is 0 Å². The fraction of sp³-hybridized carbons (Fsp3) is 0.526. The topological polar surface area (TPSA) is 49.3 Å². The van der Waals surface area contributed by atoms with Gasteiger partial charge < -0.3 is 4.90 Å². The summed E-state index contributed by atoms with van der Waals surface area (Å²) in [4.78, 5) is 17.5. The van der Waals surface area contributed by atoms with Gasteiger partial charge in [0.2, 0.25) is 0 Å². The summed E-state index contributed by atoms with van der Waals surface area (Å²) >= 11 is 1.14. The SMILES string of the molecule is Cc1nnsc1C(=O)N1CCC2(CCCN(Cc3cccc(F)c3F)C2)C1. The van der Waals surface area contributed by atoms with Crippen LogP contribution in [0, 0.1) is 24.0 Å². The molecule has 0 aliphatic carbocycles. The number of likely N-dealkylation sites (tertiary alicyclic amines) is 2. The van der Waals surface area contributed by atoms with Crippen molar-refractivity contribution < 1.29 is 13.6 Å². The van der Waals surface area contributed by atoms with Crippen LogP contribution in [0.3, 0.4) is 0 Å². The average Bonchev–Trinajstić information content (AvgIpc) is 3.25. The number of piperidine rings is 1. The van der Waals surface area contributed by atoms with Crippen LogP contribution in [0.1, 0.15) is 40.2 Å². The molecule has 1 aromatic heterocycles. The molecule has 3 heterocycles. The van der Waals surface area contributed by atoms with Gasteiger partial charge in [0.25, 0.3) is 5.91 Å². The number of hydrogen-bond donors (Lipinski definition) is 0. The van der Waals surface area contributed by atoms with E-state index in [1.54, 1.807) is 19.1 Å². The summed E-state index contributed by atoms with van der Waals surface area (Å²) in [6.45, 7) is 5.29. The number of hydrogen-bond acceptors (Lipinski definition) is 5. The Morgan fingerprint density at radius 3 is 2.89 bits per heavy atom. The highest BCUT2D eigenvalue weighted by atomic mass is 32.1. The van der Waals surface area contributed by atoms with Crippen molar-refractivity contribution in [3.63, 3.8) is 0 Å². The number of amides is 1. The predicted molar refractivity (Wildman–Crippen MR) is 98.5 cm³/mol. The smallest absolute Gasteiger partial charge is 0.267 e. The van der Waals surface area contributed by atoms with E-state index in [1.807, 2.05) is 4.90 Å². The highest BCUT2D eigenvalue weighted by Crippen LogP contribution is 2.40. The molecule has 1 unspecified atom stereocenters. The molecule has 0 saturated carbocycles. The minimum atomic E-state index is -0.801. The molecule has 2 aromatic rings. The fourth-order valence-corrected chi connectivity index (χ4v) is 4.99. The summed E-state index contributed by atoms with van der Waals surface area (Å²) in [5, 5.41) is 3.93. The summed E-state index contributed by atoms with van der Waals surface area (Å²) in [6.07, 6.45) is 2.99. The standard InChI is InChI=1S/C19H22F2N4OS/c1-13-17(27-23-22-13)18(26)25-9-7-19(12-25)6-3-8-24(11-19)10-14-4-2-5-15(20)16(14)21/h2,4-5H,3,6-12H2,1H3. The van der Waals surface area contributed by atoms with Crippen LogP contribution < -0.4 is 0 Å². The van der Waals surface area contributed by atoms with Gasteiger partial charge in [-0.25, -0.2) is 8.78 Å². The van der Waals surface area contributed by atoms with Gasteiger partial charge >= 0.3 is 0 Å². The lowest BCUT2D eigenvalue weighted by molar-refractivity contribution is 0.0675. The van der Waals surface area contributed by atoms with E-state index in [1.165, 1.54) is 0 Å². The lowest BCUT2D eigenvalue weighted by Gasteiger charge is -2.40. The van der Waals surface area contributed by atoms with E-state index >= 15 is 0 Å². The van der Waals surface area contributed by atoms with Crippen molar-refractivity contribution >= 4 is 17.4 Å². The molecule has 1 amide bonds.